The Morgan fingerprint density at radius 3 is 2.02 bits per heavy atom. The van der Waals surface area contributed by atoms with Crippen molar-refractivity contribution >= 4 is 34.4 Å². The molecule has 15 nitrogen and oxygen atoms in total. The number of nitrogens with zero attached hydrogens (tertiary/aromatic N) is 5. The molecular weight excluding hydrogens is 660 g/mol. The number of methoxy groups -OCH3 is 1. The Kier molecular flexibility index (Phi) is 11.9. The molecule has 1 aliphatic rings. The van der Waals surface area contributed by atoms with Crippen LogP contribution in [0.15, 0.2) is 72.9 Å². The Bertz CT molecular complexity index is 2050. The number of carbonyl (C=O) groups excluding carboxylic acids is 1. The van der Waals surface area contributed by atoms with Crippen LogP contribution in [-0.2, 0) is 0 Å². The first kappa shape index (κ1) is 37.7. The average molecular weight is 701 g/mol. The van der Waals surface area contributed by atoms with Crippen molar-refractivity contribution in [1.82, 2.24) is 14.8 Å². The van der Waals surface area contributed by atoms with Gasteiger partial charge in [0.2, 0.25) is 0 Å². The first-order valence-corrected chi connectivity index (χ1v) is 16.0. The van der Waals surface area contributed by atoms with Gasteiger partial charge in [-0.2, -0.15) is 14.6 Å². The van der Waals surface area contributed by atoms with E-state index in [1.807, 2.05) is 17.8 Å². The van der Waals surface area contributed by atoms with Crippen LogP contribution < -0.4 is 19.5 Å². The lowest BCUT2D eigenvalue weighted by molar-refractivity contribution is -0.615. The minimum absolute atomic E-state index is 0.0158. The number of hydrogen-bond donors (Lipinski definition) is 4. The second-order valence-electron chi connectivity index (χ2n) is 12.4. The van der Waals surface area contributed by atoms with Crippen LogP contribution in [0.1, 0.15) is 87.2 Å². The quantitative estimate of drug-likeness (QED) is 0.143. The molecule has 4 heterocycles. The van der Waals surface area contributed by atoms with Gasteiger partial charge in [0.25, 0.3) is 5.69 Å². The first-order chi connectivity index (χ1) is 24.1. The molecule has 268 valence electrons. The summed E-state index contributed by atoms with van der Waals surface area (Å²) in [5.74, 6) is -2.22. The number of fused-ring (bicyclic) bond motifs is 1. The van der Waals surface area contributed by atoms with Crippen LogP contribution >= 0.6 is 0 Å². The zero-order valence-corrected chi connectivity index (χ0v) is 28.9. The number of pyridine rings is 3. The van der Waals surface area contributed by atoms with Crippen molar-refractivity contribution in [3.63, 3.8) is 0 Å². The molecule has 0 atom stereocenters. The van der Waals surface area contributed by atoms with E-state index < -0.39 is 23.4 Å². The first-order valence-electron chi connectivity index (χ1n) is 16.0. The van der Waals surface area contributed by atoms with Crippen molar-refractivity contribution in [2.75, 3.05) is 12.4 Å². The largest absolute Gasteiger partial charge is 0.618 e. The van der Waals surface area contributed by atoms with Gasteiger partial charge in [0.1, 0.15) is 11.4 Å². The molecule has 1 aromatic carbocycles. The number of hydrogen-bond acceptors (Lipinski definition) is 9. The molecule has 5 aromatic rings. The molecule has 1 amide bonds. The number of aromatic nitrogens is 5. The van der Waals surface area contributed by atoms with Gasteiger partial charge in [-0.1, -0.05) is 6.07 Å². The van der Waals surface area contributed by atoms with E-state index in [0.717, 1.165) is 42.3 Å². The van der Waals surface area contributed by atoms with Crippen molar-refractivity contribution < 1.29 is 43.9 Å². The lowest BCUT2D eigenvalue weighted by atomic mass is 9.84. The van der Waals surface area contributed by atoms with Crippen molar-refractivity contribution in [2.45, 2.75) is 65.0 Å². The Labute approximate surface area is 293 Å². The summed E-state index contributed by atoms with van der Waals surface area (Å²) in [6, 6.07) is 17.9. The Morgan fingerprint density at radius 1 is 0.902 bits per heavy atom. The normalized spacial score (nSPS) is 16.5. The fraction of sp³-hybridized carbons (Fsp3) is 0.306. The van der Waals surface area contributed by atoms with Gasteiger partial charge in [-0.05, 0) is 69.9 Å². The highest BCUT2D eigenvalue weighted by molar-refractivity contribution is 6.04. The molecule has 0 unspecified atom stereocenters. The molecule has 1 saturated carbocycles. The van der Waals surface area contributed by atoms with Gasteiger partial charge >= 0.3 is 23.5 Å². The number of aliphatic hydroxyl groups is 1. The molecule has 0 spiro atoms. The molecular formula is C36H40N6O9. The van der Waals surface area contributed by atoms with Gasteiger partial charge in [-0.25, -0.2) is 14.6 Å². The predicted molar refractivity (Wildman–Crippen MR) is 186 cm³/mol. The molecule has 1 aliphatic carbocycles. The Morgan fingerprint density at radius 2 is 1.49 bits per heavy atom. The maximum absolute atomic E-state index is 12.7. The minimum atomic E-state index is -1.20. The van der Waals surface area contributed by atoms with Crippen LogP contribution in [0, 0.1) is 31.2 Å². The van der Waals surface area contributed by atoms with E-state index in [1.165, 1.54) is 31.4 Å². The summed E-state index contributed by atoms with van der Waals surface area (Å²) in [7, 11) is 1.53. The van der Waals surface area contributed by atoms with E-state index in [9.17, 15) is 29.9 Å². The van der Waals surface area contributed by atoms with E-state index in [4.69, 9.17) is 14.9 Å². The number of carboxylic acid groups (broad SMARTS) is 2. The van der Waals surface area contributed by atoms with E-state index >= 15 is 0 Å². The maximum Gasteiger partial charge on any atom is 0.402 e. The third-order valence-electron chi connectivity index (χ3n) is 8.32. The van der Waals surface area contributed by atoms with Crippen LogP contribution in [0.5, 0.6) is 5.75 Å². The van der Waals surface area contributed by atoms with Gasteiger partial charge in [0.15, 0.2) is 11.4 Å². The van der Waals surface area contributed by atoms with Crippen LogP contribution in [0.4, 0.5) is 5.69 Å². The summed E-state index contributed by atoms with van der Waals surface area (Å²) in [5, 5.41) is 58.6. The molecule has 4 aromatic heterocycles. The number of benzene rings is 1. The van der Waals surface area contributed by atoms with E-state index in [0.29, 0.717) is 32.3 Å². The van der Waals surface area contributed by atoms with Crippen LogP contribution in [0.2, 0.25) is 0 Å². The molecule has 0 aliphatic heterocycles. The van der Waals surface area contributed by atoms with Gasteiger partial charge in [0.05, 0.1) is 30.0 Å². The molecule has 0 bridgehead atoms. The summed E-state index contributed by atoms with van der Waals surface area (Å²) < 4.78 is 8.38. The number of ether oxygens (including phenoxy) is 1. The number of aromatic carboxylic acids is 2. The van der Waals surface area contributed by atoms with E-state index in [1.54, 1.807) is 63.2 Å². The topological polar surface area (TPSA) is 218 Å². The number of rotatable bonds is 6. The highest BCUT2D eigenvalue weighted by Gasteiger charge is 2.30. The maximum atomic E-state index is 12.7. The number of carboxylic acids is 2. The third-order valence-corrected chi connectivity index (χ3v) is 8.32. The third kappa shape index (κ3) is 9.54. The Hall–Kier alpha value is -6.09. The number of anilines is 1. The zero-order chi connectivity index (χ0) is 37.5. The summed E-state index contributed by atoms with van der Waals surface area (Å²) in [5.41, 5.74) is 2.05. The monoisotopic (exact) mass is 700 g/mol. The smallest absolute Gasteiger partial charge is 0.402 e. The van der Waals surface area contributed by atoms with Gasteiger partial charge in [-0.3, -0.25) is 9.48 Å². The minimum Gasteiger partial charge on any atom is -0.618 e. The highest BCUT2D eigenvalue weighted by atomic mass is 16.5. The lowest BCUT2D eigenvalue weighted by Gasteiger charge is -2.33. The van der Waals surface area contributed by atoms with Crippen molar-refractivity contribution in [3.8, 4) is 5.75 Å². The average Bonchev–Trinajstić information content (AvgIpc) is 3.50. The molecule has 0 radical (unpaired) electrons. The fourth-order valence-electron chi connectivity index (χ4n) is 5.40. The summed E-state index contributed by atoms with van der Waals surface area (Å²) in [6.45, 7) is 6.84. The number of nitrogens with one attached hydrogen (secondary N) is 1. The Balaban J connectivity index is 0.000000226. The van der Waals surface area contributed by atoms with Gasteiger partial charge in [0, 0.05) is 61.5 Å². The van der Waals surface area contributed by atoms with E-state index in [-0.39, 0.29) is 23.1 Å². The SMILES string of the molecule is COc1cc2nn(C3CCC(C)(O)CC3)cc2cc1NC(=O)c1cccc(C)[n+]1[O-].Cc1cccc(C(=O)O)[n+]1[O-].Cc1cccc(C(=O)O)n1. The molecule has 4 N–H and O–H groups in total. The van der Waals surface area contributed by atoms with Crippen LogP contribution in [0.25, 0.3) is 10.9 Å². The van der Waals surface area contributed by atoms with E-state index in [2.05, 4.69) is 15.4 Å². The van der Waals surface area contributed by atoms with Gasteiger partial charge in [-0.15, -0.1) is 0 Å². The molecule has 51 heavy (non-hydrogen) atoms. The lowest BCUT2D eigenvalue weighted by Crippen LogP contribution is -2.39. The van der Waals surface area contributed by atoms with Crippen molar-refractivity contribution in [1.29, 1.82) is 0 Å². The van der Waals surface area contributed by atoms with Crippen LogP contribution in [0.3, 0.4) is 0 Å². The highest BCUT2D eigenvalue weighted by Crippen LogP contribution is 2.36. The number of carbonyl (C=O) groups is 3. The van der Waals surface area contributed by atoms with Gasteiger partial charge < -0.3 is 35.8 Å². The number of amides is 1. The van der Waals surface area contributed by atoms with Crippen molar-refractivity contribution in [2.24, 2.45) is 0 Å². The zero-order valence-electron chi connectivity index (χ0n) is 28.9. The standard InChI is InChI=1S/C22H26N4O4.C7H7NO3.C7H7NO2/c1-14-5-4-6-19(26(14)29)21(27)23-18-11-15-13-25(24-17(15)12-20(18)30-3)16-7-9-22(2,28)10-8-16;1-5-3-2-4-6(7(9)10)8(5)11;1-5-3-2-4-6(8-5)7(9)10/h4-6,11-13,16,28H,7-10H2,1-3H3,(H,23,27);2-4H,1H3,(H,9,10);2-4H,1H3,(H,9,10). The van der Waals surface area contributed by atoms with Crippen molar-refractivity contribution in [3.05, 3.63) is 118 Å². The fourth-order valence-corrected chi connectivity index (χ4v) is 5.40. The molecule has 6 rings (SSSR count). The van der Waals surface area contributed by atoms with Crippen LogP contribution in [-0.4, -0.2) is 60.6 Å². The summed E-state index contributed by atoms with van der Waals surface area (Å²) in [6.07, 6.45) is 5.15. The summed E-state index contributed by atoms with van der Waals surface area (Å²) in [4.78, 5) is 37.1. The number of aryl methyl sites for hydroxylation is 3. The molecule has 0 saturated heterocycles. The second-order valence-corrected chi connectivity index (χ2v) is 12.4. The molecule has 1 fully saturated rings. The second kappa shape index (κ2) is 16.1. The molecule has 15 heteroatoms. The summed E-state index contributed by atoms with van der Waals surface area (Å²) >= 11 is 0. The predicted octanol–water partition coefficient (Wildman–Crippen LogP) is 4.52.